The first-order valence-electron chi connectivity index (χ1n) is 11.1. The van der Waals surface area contributed by atoms with Crippen LogP contribution in [0, 0.1) is 23.7 Å². The molecule has 30 heavy (non-hydrogen) atoms. The van der Waals surface area contributed by atoms with Gasteiger partial charge in [0.1, 0.15) is 6.61 Å². The third kappa shape index (κ3) is 3.90. The fourth-order valence-corrected chi connectivity index (χ4v) is 5.46. The van der Waals surface area contributed by atoms with Crippen LogP contribution in [0.4, 0.5) is 4.79 Å². The molecule has 1 aromatic carbocycles. The summed E-state index contributed by atoms with van der Waals surface area (Å²) in [6.07, 6.45) is 9.39. The first-order chi connectivity index (χ1) is 14.5. The summed E-state index contributed by atoms with van der Waals surface area (Å²) in [4.78, 5) is 27.5. The molecule has 0 spiro atoms. The van der Waals surface area contributed by atoms with Crippen LogP contribution in [-0.4, -0.2) is 29.0 Å². The third-order valence-corrected chi connectivity index (χ3v) is 7.13. The Balaban J connectivity index is 1.56. The second-order valence-electron chi connectivity index (χ2n) is 9.02. The Morgan fingerprint density at radius 1 is 1.17 bits per heavy atom. The van der Waals surface area contributed by atoms with E-state index in [0.29, 0.717) is 5.92 Å². The average molecular weight is 409 g/mol. The highest BCUT2D eigenvalue weighted by molar-refractivity contribution is 5.77. The van der Waals surface area contributed by atoms with E-state index < -0.39 is 0 Å². The zero-order valence-electron chi connectivity index (χ0n) is 18.1. The van der Waals surface area contributed by atoms with Gasteiger partial charge in [-0.1, -0.05) is 62.8 Å². The van der Waals surface area contributed by atoms with Crippen molar-refractivity contribution in [3.63, 3.8) is 0 Å². The van der Waals surface area contributed by atoms with Crippen molar-refractivity contribution in [1.82, 2.24) is 10.2 Å². The number of likely N-dealkylation sites (tertiary alicyclic amines) is 1. The molecule has 2 aliphatic carbocycles. The number of allylic oxidation sites excluding steroid dienone is 3. The molecule has 5 nitrogen and oxygen atoms in total. The Morgan fingerprint density at radius 2 is 1.90 bits per heavy atom. The number of rotatable bonds is 4. The lowest BCUT2D eigenvalue weighted by Crippen LogP contribution is -2.64. The molecule has 1 aromatic rings. The van der Waals surface area contributed by atoms with E-state index in [4.69, 9.17) is 4.74 Å². The lowest BCUT2D eigenvalue weighted by molar-refractivity contribution is -0.135. The second-order valence-corrected chi connectivity index (χ2v) is 9.02. The van der Waals surface area contributed by atoms with E-state index in [2.05, 4.69) is 31.3 Å². The molecule has 5 heteroatoms. The first-order valence-corrected chi connectivity index (χ1v) is 11.1. The van der Waals surface area contributed by atoms with E-state index in [1.165, 1.54) is 6.42 Å². The van der Waals surface area contributed by atoms with Crippen LogP contribution in [0.25, 0.3) is 0 Å². The number of hydrogen-bond acceptors (Lipinski definition) is 3. The van der Waals surface area contributed by atoms with Gasteiger partial charge in [0.15, 0.2) is 0 Å². The van der Waals surface area contributed by atoms with Crippen molar-refractivity contribution in [2.75, 3.05) is 0 Å². The molecule has 1 N–H and O–H groups in total. The molecule has 1 saturated carbocycles. The highest BCUT2D eigenvalue weighted by atomic mass is 16.5. The highest BCUT2D eigenvalue weighted by Gasteiger charge is 2.51. The topological polar surface area (TPSA) is 58.6 Å². The fourth-order valence-electron chi connectivity index (χ4n) is 5.46. The smallest absolute Gasteiger partial charge is 0.407 e. The number of benzene rings is 1. The van der Waals surface area contributed by atoms with Gasteiger partial charge in [-0.2, -0.15) is 0 Å². The predicted molar refractivity (Wildman–Crippen MR) is 116 cm³/mol. The van der Waals surface area contributed by atoms with Gasteiger partial charge in [-0.05, 0) is 42.2 Å². The van der Waals surface area contributed by atoms with Crippen LogP contribution in [0.15, 0.2) is 54.3 Å². The lowest BCUT2D eigenvalue weighted by Gasteiger charge is -2.55. The maximum Gasteiger partial charge on any atom is 0.407 e. The Hall–Kier alpha value is -2.56. The van der Waals surface area contributed by atoms with E-state index in [-0.39, 0.29) is 48.4 Å². The van der Waals surface area contributed by atoms with Crippen LogP contribution in [-0.2, 0) is 16.1 Å². The molecule has 1 saturated heterocycles. The van der Waals surface area contributed by atoms with Crippen molar-refractivity contribution >= 4 is 12.0 Å². The SMILES string of the molecule is CC(=O)N1C2=CC=CC(C)C2C(NC(=O)OCc2ccccc2)[C@@H](C)C1C1CCC1. The van der Waals surface area contributed by atoms with Crippen LogP contribution < -0.4 is 5.32 Å². The van der Waals surface area contributed by atoms with E-state index in [1.807, 2.05) is 41.3 Å². The summed E-state index contributed by atoms with van der Waals surface area (Å²) in [7, 11) is 0. The molecule has 5 atom stereocenters. The number of alkyl carbamates (subject to hydrolysis) is 1. The number of carbonyl (C=O) groups is 2. The van der Waals surface area contributed by atoms with Crippen LogP contribution >= 0.6 is 0 Å². The van der Waals surface area contributed by atoms with Gasteiger partial charge in [0.25, 0.3) is 0 Å². The van der Waals surface area contributed by atoms with Crippen molar-refractivity contribution in [2.24, 2.45) is 23.7 Å². The van der Waals surface area contributed by atoms with Crippen molar-refractivity contribution in [2.45, 2.75) is 58.7 Å². The molecule has 1 heterocycles. The van der Waals surface area contributed by atoms with Crippen molar-refractivity contribution in [1.29, 1.82) is 0 Å². The molecule has 4 rings (SSSR count). The number of ether oxygens (including phenoxy) is 1. The van der Waals surface area contributed by atoms with Crippen molar-refractivity contribution in [3.8, 4) is 0 Å². The minimum absolute atomic E-state index is 0.0644. The van der Waals surface area contributed by atoms with E-state index in [0.717, 1.165) is 24.1 Å². The maximum atomic E-state index is 12.7. The monoisotopic (exact) mass is 408 g/mol. The second kappa shape index (κ2) is 8.66. The summed E-state index contributed by atoms with van der Waals surface area (Å²) in [5.74, 6) is 1.05. The first kappa shape index (κ1) is 20.7. The number of nitrogens with one attached hydrogen (secondary N) is 1. The standard InChI is InChI=1S/C25H32N2O3/c1-16-9-7-14-21-22(16)23(26-25(29)30-15-19-10-5-4-6-11-19)17(2)24(20-12-8-13-20)27(21)18(3)28/h4-7,9-11,14,16-17,20,22-24H,8,12-13,15H2,1-3H3,(H,26,29)/t16?,17-,22?,23?,24?/m1/s1. The molecule has 2 fully saturated rings. The van der Waals surface area contributed by atoms with Crippen molar-refractivity contribution < 1.29 is 14.3 Å². The number of fused-ring (bicyclic) bond motifs is 1. The van der Waals surface area contributed by atoms with Crippen LogP contribution in [0.2, 0.25) is 0 Å². The van der Waals surface area contributed by atoms with Gasteiger partial charge in [0, 0.05) is 30.6 Å². The van der Waals surface area contributed by atoms with Crippen molar-refractivity contribution in [3.05, 3.63) is 59.8 Å². The van der Waals surface area contributed by atoms with Gasteiger partial charge in [0.2, 0.25) is 5.91 Å². The molecule has 1 aliphatic heterocycles. The fraction of sp³-hybridized carbons (Fsp3) is 0.520. The summed E-state index contributed by atoms with van der Waals surface area (Å²) in [6, 6.07) is 9.77. The molecule has 3 aliphatic rings. The largest absolute Gasteiger partial charge is 0.445 e. The maximum absolute atomic E-state index is 12.7. The summed E-state index contributed by atoms with van der Waals surface area (Å²) in [6.45, 7) is 6.26. The summed E-state index contributed by atoms with van der Waals surface area (Å²) < 4.78 is 5.54. The van der Waals surface area contributed by atoms with Gasteiger partial charge in [-0.15, -0.1) is 0 Å². The number of piperidine rings is 1. The molecule has 4 unspecified atom stereocenters. The zero-order valence-corrected chi connectivity index (χ0v) is 18.1. The molecular weight excluding hydrogens is 376 g/mol. The Morgan fingerprint density at radius 3 is 2.53 bits per heavy atom. The Bertz CT molecular complexity index is 843. The number of carbonyl (C=O) groups excluding carboxylic acids is 2. The summed E-state index contributed by atoms with van der Waals surface area (Å²) in [5.41, 5.74) is 2.01. The highest BCUT2D eigenvalue weighted by Crippen LogP contribution is 2.47. The van der Waals surface area contributed by atoms with E-state index >= 15 is 0 Å². The molecule has 0 bridgehead atoms. The quantitative estimate of drug-likeness (QED) is 0.789. The zero-order chi connectivity index (χ0) is 21.3. The number of amides is 2. The number of nitrogens with zero attached hydrogens (tertiary/aromatic N) is 1. The lowest BCUT2D eigenvalue weighted by atomic mass is 9.64. The molecular formula is C25H32N2O3. The summed E-state index contributed by atoms with van der Waals surface area (Å²) in [5, 5.41) is 3.19. The molecule has 160 valence electrons. The van der Waals surface area contributed by atoms with Crippen LogP contribution in [0.1, 0.15) is 45.6 Å². The van der Waals surface area contributed by atoms with Crippen LogP contribution in [0.5, 0.6) is 0 Å². The molecule has 0 radical (unpaired) electrons. The third-order valence-electron chi connectivity index (χ3n) is 7.13. The van der Waals surface area contributed by atoms with Gasteiger partial charge in [-0.25, -0.2) is 4.79 Å². The van der Waals surface area contributed by atoms with Gasteiger partial charge in [0.05, 0.1) is 0 Å². The summed E-state index contributed by atoms with van der Waals surface area (Å²) >= 11 is 0. The van der Waals surface area contributed by atoms with Gasteiger partial charge < -0.3 is 15.0 Å². The van der Waals surface area contributed by atoms with E-state index in [1.54, 1.807) is 6.92 Å². The molecule has 0 aromatic heterocycles. The van der Waals surface area contributed by atoms with Gasteiger partial charge >= 0.3 is 6.09 Å². The minimum Gasteiger partial charge on any atom is -0.445 e. The number of hydrogen-bond donors (Lipinski definition) is 1. The van der Waals surface area contributed by atoms with E-state index in [9.17, 15) is 9.59 Å². The normalized spacial score (nSPS) is 30.7. The predicted octanol–water partition coefficient (Wildman–Crippen LogP) is 4.65. The molecule has 2 amide bonds. The minimum atomic E-state index is -0.388. The average Bonchev–Trinajstić information content (AvgIpc) is 2.69. The van der Waals surface area contributed by atoms with Gasteiger partial charge in [-0.3, -0.25) is 4.79 Å². The Kier molecular flexibility index (Phi) is 5.98. The van der Waals surface area contributed by atoms with Crippen LogP contribution in [0.3, 0.4) is 0 Å². The Labute approximate surface area is 179 Å².